The molecule has 0 radical (unpaired) electrons. The summed E-state index contributed by atoms with van der Waals surface area (Å²) in [7, 11) is 0. The number of nitrogens with zero attached hydrogens (tertiary/aromatic N) is 6. The normalized spacial score (nSPS) is 14.4. The van der Waals surface area contributed by atoms with Crippen molar-refractivity contribution in [3.05, 3.63) is 65.2 Å². The minimum Gasteiger partial charge on any atom is -0.353 e. The molecule has 4 rings (SSSR count). The molecule has 2 aromatic heterocycles. The van der Waals surface area contributed by atoms with E-state index in [1.54, 1.807) is 10.9 Å². The second-order valence-corrected chi connectivity index (χ2v) is 7.16. The second kappa shape index (κ2) is 7.42. The number of piperazine rings is 1. The first-order chi connectivity index (χ1) is 13.5. The number of anilines is 1. The Morgan fingerprint density at radius 2 is 1.68 bits per heavy atom. The fourth-order valence-electron chi connectivity index (χ4n) is 3.42. The Morgan fingerprint density at radius 1 is 0.929 bits per heavy atom. The quantitative estimate of drug-likeness (QED) is 0.703. The molecule has 1 fully saturated rings. The van der Waals surface area contributed by atoms with Crippen molar-refractivity contribution in [3.63, 3.8) is 0 Å². The predicted molar refractivity (Wildman–Crippen MR) is 108 cm³/mol. The van der Waals surface area contributed by atoms with Crippen molar-refractivity contribution in [2.45, 2.75) is 20.8 Å². The first kappa shape index (κ1) is 18.2. The van der Waals surface area contributed by atoms with Crippen LogP contribution in [0.15, 0.2) is 42.7 Å². The molecule has 7 nitrogen and oxygen atoms in total. The van der Waals surface area contributed by atoms with Crippen LogP contribution in [0.3, 0.4) is 0 Å². The van der Waals surface area contributed by atoms with Crippen LogP contribution in [0.1, 0.15) is 27.3 Å². The minimum atomic E-state index is 0.0962. The molecule has 3 heterocycles. The van der Waals surface area contributed by atoms with E-state index in [-0.39, 0.29) is 5.91 Å². The molecule has 1 saturated heterocycles. The SMILES string of the molecule is Cc1nc(N2CCN(C(=O)c3ccc(C)c(C)c3)CC2)cc(-n2cccn2)n1. The first-order valence-electron chi connectivity index (χ1n) is 9.48. The molecule has 3 aromatic rings. The molecule has 1 amide bonds. The average Bonchev–Trinajstić information content (AvgIpc) is 3.24. The molecule has 144 valence electrons. The van der Waals surface area contributed by atoms with Crippen LogP contribution in [0.4, 0.5) is 5.82 Å². The van der Waals surface area contributed by atoms with Crippen molar-refractivity contribution in [3.8, 4) is 5.82 Å². The Balaban J connectivity index is 1.47. The van der Waals surface area contributed by atoms with Crippen molar-refractivity contribution in [1.29, 1.82) is 0 Å². The monoisotopic (exact) mass is 376 g/mol. The Labute approximate surface area is 164 Å². The average molecular weight is 376 g/mol. The van der Waals surface area contributed by atoms with E-state index in [2.05, 4.69) is 26.9 Å². The van der Waals surface area contributed by atoms with Crippen molar-refractivity contribution in [2.75, 3.05) is 31.1 Å². The third kappa shape index (κ3) is 3.60. The van der Waals surface area contributed by atoms with Crippen molar-refractivity contribution < 1.29 is 4.79 Å². The second-order valence-electron chi connectivity index (χ2n) is 7.16. The van der Waals surface area contributed by atoms with Gasteiger partial charge in [-0.25, -0.2) is 14.6 Å². The van der Waals surface area contributed by atoms with Crippen LogP contribution in [-0.2, 0) is 0 Å². The molecule has 0 atom stereocenters. The maximum Gasteiger partial charge on any atom is 0.253 e. The number of hydrogen-bond acceptors (Lipinski definition) is 5. The van der Waals surface area contributed by atoms with Gasteiger partial charge in [0.15, 0.2) is 5.82 Å². The molecule has 28 heavy (non-hydrogen) atoms. The molecule has 0 unspecified atom stereocenters. The minimum absolute atomic E-state index is 0.0962. The number of carbonyl (C=O) groups is 1. The van der Waals surface area contributed by atoms with E-state index in [0.717, 1.165) is 35.9 Å². The Morgan fingerprint density at radius 3 is 2.36 bits per heavy atom. The summed E-state index contributed by atoms with van der Waals surface area (Å²) in [6, 6.07) is 9.73. The van der Waals surface area contributed by atoms with Gasteiger partial charge in [0, 0.05) is 50.2 Å². The zero-order valence-corrected chi connectivity index (χ0v) is 16.5. The molecule has 0 spiro atoms. The molecule has 7 heteroatoms. The van der Waals surface area contributed by atoms with Crippen LogP contribution >= 0.6 is 0 Å². The summed E-state index contributed by atoms with van der Waals surface area (Å²) in [4.78, 5) is 26.0. The van der Waals surface area contributed by atoms with Crippen molar-refractivity contribution in [2.24, 2.45) is 0 Å². The van der Waals surface area contributed by atoms with E-state index in [1.807, 2.05) is 55.3 Å². The fourth-order valence-corrected chi connectivity index (χ4v) is 3.42. The van der Waals surface area contributed by atoms with Gasteiger partial charge in [0.05, 0.1) is 0 Å². The van der Waals surface area contributed by atoms with Gasteiger partial charge in [-0.15, -0.1) is 0 Å². The lowest BCUT2D eigenvalue weighted by molar-refractivity contribution is 0.0746. The number of rotatable bonds is 3. The lowest BCUT2D eigenvalue weighted by Gasteiger charge is -2.35. The zero-order valence-electron chi connectivity index (χ0n) is 16.5. The number of aromatic nitrogens is 4. The molecular formula is C21H24N6O. The van der Waals surface area contributed by atoms with Gasteiger partial charge in [-0.05, 0) is 50.1 Å². The fraction of sp³-hybridized carbons (Fsp3) is 0.333. The Hall–Kier alpha value is -3.22. The number of amides is 1. The number of aryl methyl sites for hydroxylation is 3. The Bertz CT molecular complexity index is 990. The van der Waals surface area contributed by atoms with E-state index in [1.165, 1.54) is 5.56 Å². The lowest BCUT2D eigenvalue weighted by Crippen LogP contribution is -2.49. The summed E-state index contributed by atoms with van der Waals surface area (Å²) >= 11 is 0. The number of benzene rings is 1. The van der Waals surface area contributed by atoms with Crippen LogP contribution in [0.2, 0.25) is 0 Å². The van der Waals surface area contributed by atoms with Gasteiger partial charge in [-0.2, -0.15) is 5.10 Å². The maximum atomic E-state index is 12.8. The van der Waals surface area contributed by atoms with E-state index in [0.29, 0.717) is 18.9 Å². The topological polar surface area (TPSA) is 67.2 Å². The summed E-state index contributed by atoms with van der Waals surface area (Å²) in [6.45, 7) is 8.81. The van der Waals surface area contributed by atoms with Gasteiger partial charge >= 0.3 is 0 Å². The van der Waals surface area contributed by atoms with Crippen LogP contribution in [-0.4, -0.2) is 56.7 Å². The number of carbonyl (C=O) groups excluding carboxylic acids is 1. The summed E-state index contributed by atoms with van der Waals surface area (Å²) in [6.07, 6.45) is 3.60. The zero-order chi connectivity index (χ0) is 19.7. The van der Waals surface area contributed by atoms with Gasteiger partial charge in [0.1, 0.15) is 11.6 Å². The lowest BCUT2D eigenvalue weighted by atomic mass is 10.1. The van der Waals surface area contributed by atoms with Crippen LogP contribution in [0.25, 0.3) is 5.82 Å². The van der Waals surface area contributed by atoms with Gasteiger partial charge in [0.25, 0.3) is 5.91 Å². The predicted octanol–water partition coefficient (Wildman–Crippen LogP) is 2.55. The molecule has 0 saturated carbocycles. The molecule has 0 bridgehead atoms. The molecular weight excluding hydrogens is 352 g/mol. The summed E-state index contributed by atoms with van der Waals surface area (Å²) < 4.78 is 1.73. The van der Waals surface area contributed by atoms with Gasteiger partial charge in [-0.1, -0.05) is 6.07 Å². The summed E-state index contributed by atoms with van der Waals surface area (Å²) in [5.41, 5.74) is 3.11. The molecule has 0 N–H and O–H groups in total. The van der Waals surface area contributed by atoms with Crippen LogP contribution in [0, 0.1) is 20.8 Å². The molecule has 1 aromatic carbocycles. The van der Waals surface area contributed by atoms with Crippen LogP contribution in [0.5, 0.6) is 0 Å². The van der Waals surface area contributed by atoms with E-state index in [4.69, 9.17) is 0 Å². The third-order valence-corrected chi connectivity index (χ3v) is 5.19. The smallest absolute Gasteiger partial charge is 0.253 e. The van der Waals surface area contributed by atoms with Gasteiger partial charge in [0.2, 0.25) is 0 Å². The number of hydrogen-bond donors (Lipinski definition) is 0. The maximum absolute atomic E-state index is 12.8. The largest absolute Gasteiger partial charge is 0.353 e. The third-order valence-electron chi connectivity index (χ3n) is 5.19. The molecule has 1 aliphatic rings. The van der Waals surface area contributed by atoms with E-state index in [9.17, 15) is 4.79 Å². The summed E-state index contributed by atoms with van der Waals surface area (Å²) in [5, 5.41) is 4.25. The highest BCUT2D eigenvalue weighted by Crippen LogP contribution is 2.19. The van der Waals surface area contributed by atoms with E-state index < -0.39 is 0 Å². The van der Waals surface area contributed by atoms with Gasteiger partial charge < -0.3 is 9.80 Å². The standard InChI is InChI=1S/C21H24N6O/c1-15-5-6-18(13-16(15)2)21(28)26-11-9-25(10-12-26)19-14-20(24-17(3)23-19)27-8-4-7-22-27/h4-8,13-14H,9-12H2,1-3H3. The van der Waals surface area contributed by atoms with Crippen molar-refractivity contribution in [1.82, 2.24) is 24.6 Å². The van der Waals surface area contributed by atoms with Crippen LogP contribution < -0.4 is 4.90 Å². The molecule has 1 aliphatic heterocycles. The van der Waals surface area contributed by atoms with E-state index >= 15 is 0 Å². The summed E-state index contributed by atoms with van der Waals surface area (Å²) in [5.74, 6) is 2.42. The van der Waals surface area contributed by atoms with Gasteiger partial charge in [-0.3, -0.25) is 4.79 Å². The first-order valence-corrected chi connectivity index (χ1v) is 9.48. The highest BCUT2D eigenvalue weighted by Gasteiger charge is 2.23. The van der Waals surface area contributed by atoms with Crippen molar-refractivity contribution >= 4 is 11.7 Å². The Kier molecular flexibility index (Phi) is 4.81. The highest BCUT2D eigenvalue weighted by atomic mass is 16.2. The highest BCUT2D eigenvalue weighted by molar-refractivity contribution is 5.94. The molecule has 0 aliphatic carbocycles.